The van der Waals surface area contributed by atoms with Crippen molar-refractivity contribution in [1.29, 1.82) is 0 Å². The minimum Gasteiger partial charge on any atom is -0.0816 e. The van der Waals surface area contributed by atoms with Gasteiger partial charge in [-0.05, 0) is 31.8 Å². The molecule has 0 saturated heterocycles. The van der Waals surface area contributed by atoms with Crippen LogP contribution in [0.3, 0.4) is 0 Å². The van der Waals surface area contributed by atoms with Gasteiger partial charge < -0.3 is 0 Å². The van der Waals surface area contributed by atoms with Gasteiger partial charge in [-0.1, -0.05) is 54.4 Å². The molecule has 0 aliphatic heterocycles. The van der Waals surface area contributed by atoms with E-state index in [0.717, 1.165) is 7.55 Å². The summed E-state index contributed by atoms with van der Waals surface area (Å²) in [6.45, 7) is 2.28. The fourth-order valence-electron chi connectivity index (χ4n) is 1.43. The van der Waals surface area contributed by atoms with E-state index in [1.807, 2.05) is 0 Å². The summed E-state index contributed by atoms with van der Waals surface area (Å²) in [4.78, 5) is 0. The maximum atomic E-state index is 2.44. The molecule has 0 aromatic carbocycles. The molecule has 0 aliphatic rings. The second-order valence-corrected chi connectivity index (χ2v) is 8.84. The van der Waals surface area contributed by atoms with Gasteiger partial charge in [0, 0.05) is 0 Å². The topological polar surface area (TPSA) is 0 Å². The largest absolute Gasteiger partial charge is 0.0816 e. The lowest BCUT2D eigenvalue weighted by atomic mass is 10.1. The summed E-state index contributed by atoms with van der Waals surface area (Å²) in [5.74, 6) is 2.44. The van der Waals surface area contributed by atoms with E-state index >= 15 is 0 Å². The predicted octanol–water partition coefficient (Wildman–Crippen LogP) is 5.78. The molecule has 1 unspecified atom stereocenters. The third kappa shape index (κ3) is 5.85. The van der Waals surface area contributed by atoms with Crippen LogP contribution in [0.5, 0.6) is 0 Å². The van der Waals surface area contributed by atoms with E-state index in [0.29, 0.717) is 0 Å². The SMILES string of the molecule is CCCCCCCCc1cp[pH]p1. The summed E-state index contributed by atoms with van der Waals surface area (Å²) in [7, 11) is 4.37. The molecule has 0 nitrogen and oxygen atoms in total. The summed E-state index contributed by atoms with van der Waals surface area (Å²) in [5.41, 5.74) is 0. The summed E-state index contributed by atoms with van der Waals surface area (Å²) in [5, 5.41) is 1.72. The fourth-order valence-corrected chi connectivity index (χ4v) is 7.20. The molecule has 1 heterocycles. The first kappa shape index (κ1) is 11.7. The third-order valence-corrected chi connectivity index (χ3v) is 7.59. The Hall–Kier alpha value is 0.640. The van der Waals surface area contributed by atoms with Gasteiger partial charge in [-0.15, -0.1) is 0 Å². The zero-order chi connectivity index (χ0) is 9.36. The maximum Gasteiger partial charge on any atom is -0.0118 e. The number of hydrogen-bond acceptors (Lipinski definition) is 0. The van der Waals surface area contributed by atoms with Crippen LogP contribution < -0.4 is 0 Å². The Balaban J connectivity index is 1.90. The molecule has 0 aliphatic carbocycles. The normalized spacial score (nSPS) is 12.4. The number of rotatable bonds is 7. The van der Waals surface area contributed by atoms with Gasteiger partial charge in [-0.25, -0.2) is 0 Å². The van der Waals surface area contributed by atoms with Crippen molar-refractivity contribution in [3.05, 3.63) is 11.1 Å². The molecule has 0 saturated carbocycles. The Kier molecular flexibility index (Phi) is 7.20. The highest BCUT2D eigenvalue weighted by atomic mass is 32.1. The Morgan fingerprint density at radius 2 is 1.92 bits per heavy atom. The minimum absolute atomic E-state index is 1.15. The molecule has 1 atom stereocenters. The molecule has 1 aromatic rings. The van der Waals surface area contributed by atoms with Crippen molar-refractivity contribution in [1.82, 2.24) is 0 Å². The second kappa shape index (κ2) is 7.99. The molecule has 0 fully saturated rings. The van der Waals surface area contributed by atoms with E-state index in [4.69, 9.17) is 0 Å². The molecular weight excluding hydrogens is 213 g/mol. The second-order valence-electron chi connectivity index (χ2n) is 3.48. The van der Waals surface area contributed by atoms with E-state index in [2.05, 4.69) is 12.7 Å². The first-order valence-electron chi connectivity index (χ1n) is 5.28. The van der Waals surface area contributed by atoms with Crippen LogP contribution in [0, 0.1) is 0 Å². The van der Waals surface area contributed by atoms with Gasteiger partial charge in [0.25, 0.3) is 0 Å². The van der Waals surface area contributed by atoms with E-state index in [9.17, 15) is 0 Å². The first-order valence-corrected chi connectivity index (χ1v) is 9.82. The summed E-state index contributed by atoms with van der Waals surface area (Å²) < 4.78 is 0. The molecule has 0 N–H and O–H groups in total. The molecule has 1 aromatic heterocycles. The molecule has 0 bridgehead atoms. The lowest BCUT2D eigenvalue weighted by Gasteiger charge is -1.98. The van der Waals surface area contributed by atoms with Gasteiger partial charge in [0.2, 0.25) is 0 Å². The Morgan fingerprint density at radius 1 is 1.15 bits per heavy atom. The number of unbranched alkanes of at least 4 members (excludes halogenated alkanes) is 5. The van der Waals surface area contributed by atoms with Crippen LogP contribution in [0.2, 0.25) is 0 Å². The monoisotopic (exact) mass is 232 g/mol. The third-order valence-electron chi connectivity index (χ3n) is 2.25. The number of aryl methyl sites for hydroxylation is 1. The van der Waals surface area contributed by atoms with E-state index in [-0.39, 0.29) is 0 Å². The summed E-state index contributed by atoms with van der Waals surface area (Å²) in [6, 6.07) is 0. The molecule has 0 spiro atoms. The van der Waals surface area contributed by atoms with Crippen molar-refractivity contribution in [3.63, 3.8) is 0 Å². The van der Waals surface area contributed by atoms with Crippen molar-refractivity contribution < 1.29 is 0 Å². The molecule has 0 amide bonds. The van der Waals surface area contributed by atoms with E-state index in [1.54, 1.807) is 21.0 Å². The van der Waals surface area contributed by atoms with Crippen molar-refractivity contribution in [2.75, 3.05) is 0 Å². The van der Waals surface area contributed by atoms with Crippen LogP contribution in [0.4, 0.5) is 0 Å². The van der Waals surface area contributed by atoms with Crippen LogP contribution in [0.1, 0.15) is 50.7 Å². The van der Waals surface area contributed by atoms with Gasteiger partial charge in [0.05, 0.1) is 0 Å². The molecule has 3 heteroatoms. The first-order chi connectivity index (χ1) is 6.43. The Bertz CT molecular complexity index is 194. The molecule has 74 valence electrons. The average molecular weight is 232 g/mol. The highest BCUT2D eigenvalue weighted by molar-refractivity contribution is 8.17. The van der Waals surface area contributed by atoms with Crippen LogP contribution >= 0.6 is 23.3 Å². The lowest BCUT2D eigenvalue weighted by Crippen LogP contribution is -1.81. The molecule has 13 heavy (non-hydrogen) atoms. The molecule has 0 radical (unpaired) electrons. The Morgan fingerprint density at radius 3 is 2.62 bits per heavy atom. The highest BCUT2D eigenvalue weighted by Gasteiger charge is 1.93. The van der Waals surface area contributed by atoms with Gasteiger partial charge in [-0.3, -0.25) is 0 Å². The van der Waals surface area contributed by atoms with Crippen LogP contribution in [-0.4, -0.2) is 0 Å². The highest BCUT2D eigenvalue weighted by Crippen LogP contribution is 2.37. The van der Waals surface area contributed by atoms with Gasteiger partial charge in [0.15, 0.2) is 0 Å². The standard InChI is InChI=1S/C10H19P3/c1-2-3-4-5-6-7-8-10-9-11-13-12-10/h9,13H,2-8H2,1H3. The summed E-state index contributed by atoms with van der Waals surface area (Å²) >= 11 is 0. The molecular formula is C10H19P3. The average Bonchev–Trinajstić information content (AvgIpc) is 2.63. The van der Waals surface area contributed by atoms with Crippen LogP contribution in [0.15, 0.2) is 5.80 Å². The van der Waals surface area contributed by atoms with Gasteiger partial charge in [0.1, 0.15) is 0 Å². The minimum atomic E-state index is 1.15. The van der Waals surface area contributed by atoms with Crippen LogP contribution in [-0.2, 0) is 6.42 Å². The maximum absolute atomic E-state index is 2.44. The van der Waals surface area contributed by atoms with Crippen molar-refractivity contribution in [2.24, 2.45) is 0 Å². The zero-order valence-electron chi connectivity index (χ0n) is 8.42. The van der Waals surface area contributed by atoms with Gasteiger partial charge >= 0.3 is 0 Å². The van der Waals surface area contributed by atoms with E-state index in [1.165, 1.54) is 44.9 Å². The fraction of sp³-hybridized carbons (Fsp3) is 0.800. The van der Waals surface area contributed by atoms with Crippen molar-refractivity contribution >= 4 is 23.3 Å². The summed E-state index contributed by atoms with van der Waals surface area (Å²) in [6.07, 6.45) is 9.97. The molecule has 1 rings (SSSR count). The smallest absolute Gasteiger partial charge is 0.0118 e. The van der Waals surface area contributed by atoms with Gasteiger partial charge in [-0.2, -0.15) is 0 Å². The Labute approximate surface area is 86.6 Å². The lowest BCUT2D eigenvalue weighted by molar-refractivity contribution is 0.609. The zero-order valence-corrected chi connectivity index (χ0v) is 11.2. The van der Waals surface area contributed by atoms with E-state index < -0.39 is 0 Å². The van der Waals surface area contributed by atoms with Crippen LogP contribution in [0.25, 0.3) is 0 Å². The number of hydrogen-bond donors (Lipinski definition) is 0. The predicted molar refractivity (Wildman–Crippen MR) is 68.0 cm³/mol. The van der Waals surface area contributed by atoms with Crippen molar-refractivity contribution in [3.8, 4) is 0 Å². The quantitative estimate of drug-likeness (QED) is 0.522. The van der Waals surface area contributed by atoms with Crippen molar-refractivity contribution in [2.45, 2.75) is 51.9 Å².